The zero-order valence-electron chi connectivity index (χ0n) is 18.7. The van der Waals surface area contributed by atoms with Crippen LogP contribution in [0.1, 0.15) is 26.2 Å². The van der Waals surface area contributed by atoms with Gasteiger partial charge in [0, 0.05) is 6.54 Å². The highest BCUT2D eigenvalue weighted by molar-refractivity contribution is 7.98. The van der Waals surface area contributed by atoms with E-state index in [-0.39, 0.29) is 31.8 Å². The van der Waals surface area contributed by atoms with Gasteiger partial charge in [0.2, 0.25) is 17.7 Å². The second-order valence-corrected chi connectivity index (χ2v) is 8.19. The molecule has 3 amide bonds. The maximum atomic E-state index is 12.8. The van der Waals surface area contributed by atoms with E-state index in [0.29, 0.717) is 5.75 Å². The van der Waals surface area contributed by atoms with Crippen molar-refractivity contribution in [1.29, 1.82) is 0 Å². The molecule has 0 bridgehead atoms. The predicted molar refractivity (Wildman–Crippen MR) is 123 cm³/mol. The Kier molecular flexibility index (Phi) is 14.8. The van der Waals surface area contributed by atoms with Crippen LogP contribution in [0.5, 0.6) is 0 Å². The molecule has 33 heavy (non-hydrogen) atoms. The summed E-state index contributed by atoms with van der Waals surface area (Å²) in [6.07, 6.45) is 0.904. The van der Waals surface area contributed by atoms with Crippen molar-refractivity contribution in [2.24, 2.45) is 22.2 Å². The number of carbonyl (C=O) groups excluding carboxylic acids is 3. The van der Waals surface area contributed by atoms with E-state index in [4.69, 9.17) is 22.3 Å². The molecule has 0 aromatic carbocycles. The minimum absolute atomic E-state index is 0.0415. The van der Waals surface area contributed by atoms with E-state index >= 15 is 0 Å². The normalized spacial score (nSPS) is 15.3. The topological polar surface area (TPSA) is 255 Å². The van der Waals surface area contributed by atoms with Gasteiger partial charge in [-0.25, -0.2) is 4.79 Å². The monoisotopic (exact) mass is 493 g/mol. The molecule has 0 aliphatic rings. The van der Waals surface area contributed by atoms with Crippen molar-refractivity contribution in [3.63, 3.8) is 0 Å². The molecule has 0 aromatic rings. The van der Waals surface area contributed by atoms with Crippen LogP contribution >= 0.6 is 11.8 Å². The number of hydrogen-bond acceptors (Lipinski definition) is 9. The zero-order valence-corrected chi connectivity index (χ0v) is 19.5. The van der Waals surface area contributed by atoms with Gasteiger partial charge in [0.05, 0.1) is 12.7 Å². The van der Waals surface area contributed by atoms with Gasteiger partial charge in [-0.1, -0.05) is 0 Å². The van der Waals surface area contributed by atoms with Crippen LogP contribution in [0.15, 0.2) is 4.99 Å². The SMILES string of the molecule is CSCCC(NC(=O)C(CCCN=C(N)N)NC(=O)C(NC(=O)C(N)CO)C(C)O)C(=O)O. The van der Waals surface area contributed by atoms with Gasteiger partial charge < -0.3 is 48.5 Å². The smallest absolute Gasteiger partial charge is 0.326 e. The van der Waals surface area contributed by atoms with Crippen molar-refractivity contribution in [2.75, 3.05) is 25.2 Å². The molecule has 0 saturated carbocycles. The fraction of sp³-hybridized carbons (Fsp3) is 0.722. The lowest BCUT2D eigenvalue weighted by Crippen LogP contribution is -2.60. The summed E-state index contributed by atoms with van der Waals surface area (Å²) in [5.41, 5.74) is 15.9. The number of aliphatic hydroxyl groups is 2. The van der Waals surface area contributed by atoms with Crippen LogP contribution in [-0.2, 0) is 19.2 Å². The molecule has 0 radical (unpaired) electrons. The molecule has 14 nitrogen and oxygen atoms in total. The van der Waals surface area contributed by atoms with E-state index in [2.05, 4.69) is 20.9 Å². The van der Waals surface area contributed by atoms with Crippen molar-refractivity contribution < 1.29 is 34.5 Å². The number of aliphatic carboxylic acids is 1. The second kappa shape index (κ2) is 16.1. The van der Waals surface area contributed by atoms with E-state index in [0.717, 1.165) is 0 Å². The highest BCUT2D eigenvalue weighted by Gasteiger charge is 2.32. The number of aliphatic imine (C=N–C) groups is 1. The number of carbonyl (C=O) groups is 4. The molecule has 12 N–H and O–H groups in total. The van der Waals surface area contributed by atoms with Crippen molar-refractivity contribution in [2.45, 2.75) is 56.5 Å². The number of nitrogens with one attached hydrogen (secondary N) is 3. The van der Waals surface area contributed by atoms with Crippen molar-refractivity contribution >= 4 is 41.4 Å². The summed E-state index contributed by atoms with van der Waals surface area (Å²) in [6.45, 7) is 0.715. The maximum absolute atomic E-state index is 12.8. The Morgan fingerprint density at radius 2 is 1.61 bits per heavy atom. The molecule has 0 spiro atoms. The molecule has 0 fully saturated rings. The van der Waals surface area contributed by atoms with Crippen molar-refractivity contribution in [3.05, 3.63) is 0 Å². The highest BCUT2D eigenvalue weighted by Crippen LogP contribution is 2.05. The number of guanidine groups is 1. The summed E-state index contributed by atoms with van der Waals surface area (Å²) in [7, 11) is 0. The summed E-state index contributed by atoms with van der Waals surface area (Å²) >= 11 is 1.41. The maximum Gasteiger partial charge on any atom is 0.326 e. The zero-order chi connectivity index (χ0) is 25.6. The second-order valence-electron chi connectivity index (χ2n) is 7.21. The first kappa shape index (κ1) is 30.4. The Hall–Kier alpha value is -2.62. The van der Waals surface area contributed by atoms with Crippen LogP contribution < -0.4 is 33.2 Å². The lowest BCUT2D eigenvalue weighted by atomic mass is 10.1. The highest BCUT2D eigenvalue weighted by atomic mass is 32.2. The number of aliphatic hydroxyl groups excluding tert-OH is 2. The molecule has 15 heteroatoms. The molecule has 190 valence electrons. The van der Waals surface area contributed by atoms with Crippen LogP contribution in [0.4, 0.5) is 0 Å². The van der Waals surface area contributed by atoms with Crippen LogP contribution in [-0.4, -0.2) is 100 Å². The summed E-state index contributed by atoms with van der Waals surface area (Å²) < 4.78 is 0. The van der Waals surface area contributed by atoms with Crippen LogP contribution in [0.25, 0.3) is 0 Å². The average Bonchev–Trinajstić information content (AvgIpc) is 2.74. The van der Waals surface area contributed by atoms with E-state index in [1.165, 1.54) is 18.7 Å². The first-order valence-corrected chi connectivity index (χ1v) is 11.6. The molecular weight excluding hydrogens is 458 g/mol. The largest absolute Gasteiger partial charge is 0.480 e. The van der Waals surface area contributed by atoms with Gasteiger partial charge >= 0.3 is 5.97 Å². The standard InChI is InChI=1S/C18H35N7O7S/c1-9(27)13(25-14(28)10(19)8-26)16(30)23-11(4-3-6-22-18(20)21)15(29)24-12(17(31)32)5-7-33-2/h9-13,26-27H,3-8,19H2,1-2H3,(H,23,30)(H,24,29)(H,25,28)(H,31,32)(H4,20,21,22). The van der Waals surface area contributed by atoms with Crippen molar-refractivity contribution in [3.8, 4) is 0 Å². The van der Waals surface area contributed by atoms with E-state index in [1.54, 1.807) is 6.26 Å². The molecule has 5 unspecified atom stereocenters. The number of nitrogens with zero attached hydrogens (tertiary/aromatic N) is 1. The molecule has 0 rings (SSSR count). The Morgan fingerprint density at radius 3 is 2.09 bits per heavy atom. The lowest BCUT2D eigenvalue weighted by molar-refractivity contribution is -0.142. The number of carboxylic acids is 1. The molecule has 0 aliphatic heterocycles. The average molecular weight is 494 g/mol. The summed E-state index contributed by atoms with van der Waals surface area (Å²) in [5.74, 6) is -3.43. The molecule has 5 atom stereocenters. The van der Waals surface area contributed by atoms with Gasteiger partial charge in [0.25, 0.3) is 0 Å². The van der Waals surface area contributed by atoms with Gasteiger partial charge in [-0.3, -0.25) is 19.4 Å². The number of amides is 3. The number of thioether (sulfide) groups is 1. The minimum atomic E-state index is -1.48. The third-order valence-corrected chi connectivity index (χ3v) is 5.04. The minimum Gasteiger partial charge on any atom is -0.480 e. The van der Waals surface area contributed by atoms with E-state index in [9.17, 15) is 29.4 Å². The third kappa shape index (κ3) is 12.3. The first-order valence-electron chi connectivity index (χ1n) is 10.2. The molecule has 0 heterocycles. The van der Waals surface area contributed by atoms with Gasteiger partial charge in [-0.2, -0.15) is 11.8 Å². The summed E-state index contributed by atoms with van der Waals surface area (Å²) in [5, 5.41) is 35.3. The molecule has 0 aromatic heterocycles. The molecule has 0 saturated heterocycles. The number of carboxylic acid groups (broad SMARTS) is 1. The Balaban J connectivity index is 5.48. The Labute approximate surface area is 196 Å². The molecular formula is C18H35N7O7S. The Morgan fingerprint density at radius 1 is 1.00 bits per heavy atom. The van der Waals surface area contributed by atoms with E-state index < -0.39 is 60.6 Å². The van der Waals surface area contributed by atoms with Gasteiger partial charge in [0.1, 0.15) is 24.2 Å². The van der Waals surface area contributed by atoms with Gasteiger partial charge in [-0.15, -0.1) is 0 Å². The number of nitrogens with two attached hydrogens (primary N) is 3. The van der Waals surface area contributed by atoms with E-state index in [1.807, 2.05) is 0 Å². The third-order valence-electron chi connectivity index (χ3n) is 4.40. The van der Waals surface area contributed by atoms with Crippen LogP contribution in [0.3, 0.4) is 0 Å². The predicted octanol–water partition coefficient (Wildman–Crippen LogP) is -3.97. The lowest BCUT2D eigenvalue weighted by Gasteiger charge is -2.26. The fourth-order valence-electron chi connectivity index (χ4n) is 2.55. The number of hydrogen-bond donors (Lipinski definition) is 9. The summed E-state index contributed by atoms with van der Waals surface area (Å²) in [6, 6.07) is -5.16. The Bertz CT molecular complexity index is 689. The number of rotatable bonds is 16. The first-order chi connectivity index (χ1) is 15.4. The fourth-order valence-corrected chi connectivity index (χ4v) is 3.02. The van der Waals surface area contributed by atoms with Crippen LogP contribution in [0.2, 0.25) is 0 Å². The van der Waals surface area contributed by atoms with Crippen molar-refractivity contribution in [1.82, 2.24) is 16.0 Å². The quantitative estimate of drug-likeness (QED) is 0.0569. The summed E-state index contributed by atoms with van der Waals surface area (Å²) in [4.78, 5) is 52.7. The van der Waals surface area contributed by atoms with Gasteiger partial charge in [-0.05, 0) is 38.2 Å². The molecule has 0 aliphatic carbocycles. The van der Waals surface area contributed by atoms with Gasteiger partial charge in [0.15, 0.2) is 5.96 Å². The van der Waals surface area contributed by atoms with Crippen LogP contribution in [0, 0.1) is 0 Å².